The van der Waals surface area contributed by atoms with Crippen molar-refractivity contribution in [3.63, 3.8) is 0 Å². The molecule has 3 amide bonds. The van der Waals surface area contributed by atoms with Crippen LogP contribution in [-0.4, -0.2) is 48.9 Å². The molecule has 1 aliphatic heterocycles. The maximum absolute atomic E-state index is 14.6. The van der Waals surface area contributed by atoms with Gasteiger partial charge in [-0.05, 0) is 74.4 Å². The smallest absolute Gasteiger partial charge is 0.261 e. The van der Waals surface area contributed by atoms with E-state index in [2.05, 4.69) is 0 Å². The van der Waals surface area contributed by atoms with Crippen LogP contribution in [0.25, 0.3) is 10.8 Å². The lowest BCUT2D eigenvalue weighted by atomic mass is 9.94. The molecule has 8 heteroatoms. The third-order valence-electron chi connectivity index (χ3n) is 8.88. The van der Waals surface area contributed by atoms with Gasteiger partial charge in [-0.25, -0.2) is 8.42 Å². The van der Waals surface area contributed by atoms with Crippen molar-refractivity contribution in [2.45, 2.75) is 55.6 Å². The predicted molar refractivity (Wildman–Crippen MR) is 167 cm³/mol. The number of sulfone groups is 1. The molecule has 0 bridgehead atoms. The van der Waals surface area contributed by atoms with Gasteiger partial charge in [-0.2, -0.15) is 0 Å². The van der Waals surface area contributed by atoms with Crippen LogP contribution in [0, 0.1) is 13.8 Å². The molecule has 4 aromatic carbocycles. The lowest BCUT2D eigenvalue weighted by Gasteiger charge is -2.35. The monoisotopic (exact) mass is 594 g/mol. The summed E-state index contributed by atoms with van der Waals surface area (Å²) in [5, 5.41) is 1.50. The van der Waals surface area contributed by atoms with E-state index in [1.807, 2.05) is 56.3 Å². The summed E-state index contributed by atoms with van der Waals surface area (Å²) in [5.41, 5.74) is 3.47. The lowest BCUT2D eigenvalue weighted by molar-refractivity contribution is -0.121. The SMILES string of the molecule is Cc1ccc(N(CCCN2C(=O)c3cccc4cccc(c34)C2=O)C(=O)C2(S(=O)(=O)c3ccccc3)CCCC2)c(C)c1. The summed E-state index contributed by atoms with van der Waals surface area (Å²) >= 11 is 0. The molecule has 0 N–H and O–H groups in total. The molecule has 0 saturated heterocycles. The number of amides is 3. The molecule has 4 aromatic rings. The molecule has 1 heterocycles. The van der Waals surface area contributed by atoms with Crippen LogP contribution >= 0.6 is 0 Å². The van der Waals surface area contributed by atoms with Crippen LogP contribution in [0.4, 0.5) is 5.69 Å². The molecule has 1 fully saturated rings. The van der Waals surface area contributed by atoms with Crippen molar-refractivity contribution in [3.05, 3.63) is 107 Å². The highest BCUT2D eigenvalue weighted by Gasteiger charge is 2.54. The van der Waals surface area contributed by atoms with Crippen molar-refractivity contribution in [1.29, 1.82) is 0 Å². The Kier molecular flexibility index (Phi) is 7.42. The fourth-order valence-electron chi connectivity index (χ4n) is 6.72. The average Bonchev–Trinajstić information content (AvgIpc) is 3.52. The van der Waals surface area contributed by atoms with Crippen LogP contribution in [0.3, 0.4) is 0 Å². The number of nitrogens with zero attached hydrogens (tertiary/aromatic N) is 2. The second-order valence-electron chi connectivity index (χ2n) is 11.6. The molecule has 0 unspecified atom stereocenters. The minimum Gasteiger partial charge on any atom is -0.311 e. The maximum Gasteiger partial charge on any atom is 0.261 e. The third-order valence-corrected chi connectivity index (χ3v) is 11.4. The Hall–Kier alpha value is -4.30. The van der Waals surface area contributed by atoms with E-state index in [0.29, 0.717) is 35.0 Å². The number of aryl methyl sites for hydroxylation is 2. The van der Waals surface area contributed by atoms with Gasteiger partial charge in [0.1, 0.15) is 0 Å². The van der Waals surface area contributed by atoms with E-state index < -0.39 is 20.5 Å². The standard InChI is InChI=1S/C35H34N2O5S/c1-24-17-18-30(25(2)23-24)36(34(40)35(19-6-7-20-35)43(41,42)27-13-4-3-5-14-27)21-10-22-37-32(38)28-15-8-11-26-12-9-16-29(31(26)28)33(37)39/h3-5,8-9,11-18,23H,6-7,10,19-22H2,1-2H3. The molecular weight excluding hydrogens is 560 g/mol. The molecule has 43 heavy (non-hydrogen) atoms. The predicted octanol–water partition coefficient (Wildman–Crippen LogP) is 6.26. The Labute approximate surface area is 252 Å². The van der Waals surface area contributed by atoms with Crippen molar-refractivity contribution >= 4 is 44.0 Å². The summed E-state index contributed by atoms with van der Waals surface area (Å²) in [6.45, 7) is 4.12. The van der Waals surface area contributed by atoms with Gasteiger partial charge in [0.25, 0.3) is 11.8 Å². The van der Waals surface area contributed by atoms with E-state index in [1.165, 1.54) is 4.90 Å². The number of carbonyl (C=O) groups is 3. The number of hydrogen-bond donors (Lipinski definition) is 0. The minimum absolute atomic E-state index is 0.0928. The van der Waals surface area contributed by atoms with Crippen molar-refractivity contribution in [1.82, 2.24) is 4.90 Å². The van der Waals surface area contributed by atoms with Crippen LogP contribution < -0.4 is 4.90 Å². The van der Waals surface area contributed by atoms with E-state index in [4.69, 9.17) is 0 Å². The molecule has 0 atom stereocenters. The van der Waals surface area contributed by atoms with Gasteiger partial charge in [0.05, 0.1) is 4.90 Å². The summed E-state index contributed by atoms with van der Waals surface area (Å²) in [6.07, 6.45) is 2.05. The molecule has 220 valence electrons. The van der Waals surface area contributed by atoms with Gasteiger partial charge >= 0.3 is 0 Å². The number of benzene rings is 4. The van der Waals surface area contributed by atoms with Gasteiger partial charge in [-0.1, -0.05) is 73.0 Å². The van der Waals surface area contributed by atoms with E-state index >= 15 is 0 Å². The van der Waals surface area contributed by atoms with Gasteiger partial charge in [0.2, 0.25) is 5.91 Å². The Balaban J connectivity index is 1.33. The van der Waals surface area contributed by atoms with Gasteiger partial charge in [0, 0.05) is 35.3 Å². The molecule has 0 aromatic heterocycles. The molecular formula is C35H34N2O5S. The number of carbonyl (C=O) groups excluding carboxylic acids is 3. The summed E-state index contributed by atoms with van der Waals surface area (Å²) in [4.78, 5) is 44.5. The normalized spacial score (nSPS) is 16.1. The van der Waals surface area contributed by atoms with Crippen LogP contribution in [0.1, 0.15) is 63.9 Å². The molecule has 0 spiro atoms. The van der Waals surface area contributed by atoms with Gasteiger partial charge in [-0.3, -0.25) is 19.3 Å². The third kappa shape index (κ3) is 4.74. The largest absolute Gasteiger partial charge is 0.311 e. The zero-order chi connectivity index (χ0) is 30.4. The zero-order valence-electron chi connectivity index (χ0n) is 24.4. The Bertz CT molecular complexity index is 1810. The Morgan fingerprint density at radius 2 is 1.47 bits per heavy atom. The first-order valence-corrected chi connectivity index (χ1v) is 16.2. The first-order chi connectivity index (χ1) is 20.7. The number of anilines is 1. The minimum atomic E-state index is -4.00. The number of rotatable bonds is 8. The zero-order valence-corrected chi connectivity index (χ0v) is 25.2. The van der Waals surface area contributed by atoms with E-state index in [1.54, 1.807) is 47.4 Å². The van der Waals surface area contributed by atoms with Crippen LogP contribution in [0.2, 0.25) is 0 Å². The van der Waals surface area contributed by atoms with Gasteiger partial charge < -0.3 is 4.90 Å². The van der Waals surface area contributed by atoms with Gasteiger partial charge in [-0.15, -0.1) is 0 Å². The first kappa shape index (κ1) is 28.8. The van der Waals surface area contributed by atoms with Crippen molar-refractivity contribution in [2.75, 3.05) is 18.0 Å². The van der Waals surface area contributed by atoms with Crippen molar-refractivity contribution in [3.8, 4) is 0 Å². The van der Waals surface area contributed by atoms with Crippen molar-refractivity contribution in [2.24, 2.45) is 0 Å². The fraction of sp³-hybridized carbons (Fsp3) is 0.286. The average molecular weight is 595 g/mol. The Morgan fingerprint density at radius 1 is 0.837 bits per heavy atom. The molecule has 1 aliphatic carbocycles. The maximum atomic E-state index is 14.6. The highest BCUT2D eigenvalue weighted by Crippen LogP contribution is 2.43. The Morgan fingerprint density at radius 3 is 2.07 bits per heavy atom. The summed E-state index contributed by atoms with van der Waals surface area (Å²) in [6, 6.07) is 24.8. The summed E-state index contributed by atoms with van der Waals surface area (Å²) in [5.74, 6) is -1.18. The van der Waals surface area contributed by atoms with Crippen LogP contribution in [-0.2, 0) is 14.6 Å². The molecule has 0 radical (unpaired) electrons. The van der Waals surface area contributed by atoms with E-state index in [9.17, 15) is 22.8 Å². The first-order valence-electron chi connectivity index (χ1n) is 14.7. The topological polar surface area (TPSA) is 91.8 Å². The molecule has 6 rings (SSSR count). The fourth-order valence-corrected chi connectivity index (χ4v) is 8.86. The van der Waals surface area contributed by atoms with Gasteiger partial charge in [0.15, 0.2) is 14.6 Å². The molecule has 2 aliphatic rings. The lowest BCUT2D eigenvalue weighted by Crippen LogP contribution is -2.53. The molecule has 1 saturated carbocycles. The van der Waals surface area contributed by atoms with E-state index in [0.717, 1.165) is 16.5 Å². The van der Waals surface area contributed by atoms with Crippen molar-refractivity contribution < 1.29 is 22.8 Å². The second-order valence-corrected chi connectivity index (χ2v) is 13.8. The van der Waals surface area contributed by atoms with Crippen LogP contribution in [0.5, 0.6) is 0 Å². The highest BCUT2D eigenvalue weighted by atomic mass is 32.2. The molecule has 7 nitrogen and oxygen atoms in total. The highest BCUT2D eigenvalue weighted by molar-refractivity contribution is 7.93. The van der Waals surface area contributed by atoms with Crippen LogP contribution in [0.15, 0.2) is 89.8 Å². The second kappa shape index (κ2) is 11.1. The number of imide groups is 1. The summed E-state index contributed by atoms with van der Waals surface area (Å²) in [7, 11) is -4.00. The quantitative estimate of drug-likeness (QED) is 0.225. The summed E-state index contributed by atoms with van der Waals surface area (Å²) < 4.78 is 26.7. The number of hydrogen-bond acceptors (Lipinski definition) is 5. The van der Waals surface area contributed by atoms with E-state index in [-0.39, 0.29) is 49.1 Å².